The highest BCUT2D eigenvalue weighted by atomic mass is 79.9. The summed E-state index contributed by atoms with van der Waals surface area (Å²) in [6.45, 7) is 0.489. The fourth-order valence-corrected chi connectivity index (χ4v) is 1.66. The molecule has 0 atom stereocenters. The van der Waals surface area contributed by atoms with Gasteiger partial charge < -0.3 is 11.1 Å². The molecule has 1 fully saturated rings. The van der Waals surface area contributed by atoms with Gasteiger partial charge in [-0.25, -0.2) is 4.68 Å². The number of carbonyl (C=O) groups excluding carboxylic acids is 1. The number of carbonyl (C=O) groups is 1. The van der Waals surface area contributed by atoms with Gasteiger partial charge in [0, 0.05) is 12.5 Å². The van der Waals surface area contributed by atoms with Gasteiger partial charge in [0.25, 0.3) is 0 Å². The second kappa shape index (κ2) is 4.18. The van der Waals surface area contributed by atoms with Crippen molar-refractivity contribution in [2.75, 3.05) is 5.73 Å². The zero-order chi connectivity index (χ0) is 10.8. The summed E-state index contributed by atoms with van der Waals surface area (Å²) in [6.07, 6.45) is 2.61. The summed E-state index contributed by atoms with van der Waals surface area (Å²) in [4.78, 5) is 15.2. The number of nitrogen functional groups attached to an aromatic ring is 1. The molecule has 82 valence electrons. The number of halogens is 1. The smallest absolute Gasteiger partial charge is 0.240 e. The molecule has 3 N–H and O–H groups in total. The largest absolute Gasteiger partial charge is 0.366 e. The van der Waals surface area contributed by atoms with Crippen LogP contribution >= 0.6 is 15.9 Å². The average molecular weight is 274 g/mol. The van der Waals surface area contributed by atoms with Crippen LogP contribution in [0.2, 0.25) is 0 Å². The molecular formula is C8H12BrN5O. The van der Waals surface area contributed by atoms with Crippen LogP contribution in [-0.4, -0.2) is 26.7 Å². The molecule has 1 aliphatic carbocycles. The van der Waals surface area contributed by atoms with Gasteiger partial charge >= 0.3 is 0 Å². The fourth-order valence-electron chi connectivity index (χ4n) is 1.22. The third kappa shape index (κ3) is 2.92. The van der Waals surface area contributed by atoms with E-state index in [9.17, 15) is 4.79 Å². The Labute approximate surface area is 95.4 Å². The minimum absolute atomic E-state index is 0.0541. The van der Waals surface area contributed by atoms with E-state index in [4.69, 9.17) is 5.73 Å². The minimum atomic E-state index is 0.0541. The molecule has 0 aliphatic heterocycles. The first kappa shape index (κ1) is 10.4. The van der Waals surface area contributed by atoms with E-state index in [0.717, 1.165) is 12.8 Å². The van der Waals surface area contributed by atoms with Crippen molar-refractivity contribution >= 4 is 27.8 Å². The van der Waals surface area contributed by atoms with Crippen molar-refractivity contribution in [1.82, 2.24) is 20.1 Å². The molecule has 0 bridgehead atoms. The summed E-state index contributed by atoms with van der Waals surface area (Å²) in [7, 11) is 0. The zero-order valence-corrected chi connectivity index (χ0v) is 9.70. The van der Waals surface area contributed by atoms with Crippen LogP contribution in [0.15, 0.2) is 4.73 Å². The van der Waals surface area contributed by atoms with Crippen molar-refractivity contribution < 1.29 is 4.79 Å². The van der Waals surface area contributed by atoms with Crippen molar-refractivity contribution in [1.29, 1.82) is 0 Å². The summed E-state index contributed by atoms with van der Waals surface area (Å²) in [5.74, 6) is 0.267. The van der Waals surface area contributed by atoms with Crippen molar-refractivity contribution in [2.24, 2.45) is 0 Å². The Morgan fingerprint density at radius 2 is 2.40 bits per heavy atom. The normalized spacial score (nSPS) is 15.3. The Morgan fingerprint density at radius 1 is 1.67 bits per heavy atom. The van der Waals surface area contributed by atoms with E-state index in [-0.39, 0.29) is 11.9 Å². The van der Waals surface area contributed by atoms with Crippen molar-refractivity contribution in [3.63, 3.8) is 0 Å². The number of rotatable bonds is 4. The fraction of sp³-hybridized carbons (Fsp3) is 0.625. The molecule has 2 rings (SSSR count). The molecule has 1 heterocycles. The van der Waals surface area contributed by atoms with Gasteiger partial charge in [-0.2, -0.15) is 4.98 Å². The standard InChI is InChI=1S/C8H12BrN5O/c9-7-12-8(10)13-14(7)4-3-6(15)11-5-1-2-5/h5H,1-4H2,(H2,10,13)(H,11,15). The number of aromatic nitrogens is 3. The van der Waals surface area contributed by atoms with Crippen LogP contribution in [0.4, 0.5) is 5.95 Å². The second-order valence-electron chi connectivity index (χ2n) is 3.55. The van der Waals surface area contributed by atoms with E-state index < -0.39 is 0 Å². The lowest BCUT2D eigenvalue weighted by molar-refractivity contribution is -0.121. The molecule has 1 aromatic heterocycles. The minimum Gasteiger partial charge on any atom is -0.366 e. The van der Waals surface area contributed by atoms with Crippen LogP contribution in [0, 0.1) is 0 Å². The lowest BCUT2D eigenvalue weighted by Gasteiger charge is -2.03. The van der Waals surface area contributed by atoms with Gasteiger partial charge in [-0.1, -0.05) is 0 Å². The number of aryl methyl sites for hydroxylation is 1. The maximum Gasteiger partial charge on any atom is 0.240 e. The van der Waals surface area contributed by atoms with Crippen LogP contribution in [0.1, 0.15) is 19.3 Å². The quantitative estimate of drug-likeness (QED) is 0.826. The predicted molar refractivity (Wildman–Crippen MR) is 57.9 cm³/mol. The predicted octanol–water partition coefficient (Wildman–Crippen LogP) is 0.291. The first-order valence-corrected chi connectivity index (χ1v) is 5.59. The maximum absolute atomic E-state index is 11.4. The second-order valence-corrected chi connectivity index (χ2v) is 4.26. The number of hydrogen-bond acceptors (Lipinski definition) is 4. The molecule has 15 heavy (non-hydrogen) atoms. The van der Waals surface area contributed by atoms with Gasteiger partial charge in [-0.3, -0.25) is 4.79 Å². The number of nitrogens with two attached hydrogens (primary N) is 1. The van der Waals surface area contributed by atoms with E-state index in [0.29, 0.717) is 23.7 Å². The molecule has 6 nitrogen and oxygen atoms in total. The van der Waals surface area contributed by atoms with E-state index >= 15 is 0 Å². The molecule has 1 aromatic rings. The van der Waals surface area contributed by atoms with Gasteiger partial charge in [-0.05, 0) is 28.8 Å². The highest BCUT2D eigenvalue weighted by Crippen LogP contribution is 2.18. The average Bonchev–Trinajstić information content (AvgIpc) is 2.89. The van der Waals surface area contributed by atoms with E-state index in [1.54, 1.807) is 4.68 Å². The summed E-state index contributed by atoms with van der Waals surface area (Å²) in [5.41, 5.74) is 5.40. The van der Waals surface area contributed by atoms with Gasteiger partial charge in [-0.15, -0.1) is 5.10 Å². The number of anilines is 1. The third-order valence-corrected chi connectivity index (χ3v) is 2.72. The number of nitrogens with zero attached hydrogens (tertiary/aromatic N) is 3. The van der Waals surface area contributed by atoms with E-state index in [1.165, 1.54) is 0 Å². The molecule has 0 spiro atoms. The van der Waals surface area contributed by atoms with Crippen LogP contribution < -0.4 is 11.1 Å². The third-order valence-electron chi connectivity index (χ3n) is 2.14. The lowest BCUT2D eigenvalue weighted by Crippen LogP contribution is -2.26. The number of amides is 1. The zero-order valence-electron chi connectivity index (χ0n) is 8.11. The highest BCUT2D eigenvalue weighted by molar-refractivity contribution is 9.10. The first-order chi connectivity index (χ1) is 7.15. The van der Waals surface area contributed by atoms with Crippen molar-refractivity contribution in [3.05, 3.63) is 4.73 Å². The van der Waals surface area contributed by atoms with Crippen molar-refractivity contribution in [3.8, 4) is 0 Å². The molecule has 1 aliphatic rings. The van der Waals surface area contributed by atoms with Crippen LogP contribution in [0.3, 0.4) is 0 Å². The Kier molecular flexibility index (Phi) is 2.90. The summed E-state index contributed by atoms with van der Waals surface area (Å²) in [5, 5.41) is 6.84. The molecule has 0 saturated heterocycles. The molecule has 7 heteroatoms. The van der Waals surface area contributed by atoms with Crippen LogP contribution in [-0.2, 0) is 11.3 Å². The molecule has 0 unspecified atom stereocenters. The first-order valence-electron chi connectivity index (χ1n) is 4.80. The van der Waals surface area contributed by atoms with Gasteiger partial charge in [0.2, 0.25) is 11.9 Å². The molecule has 0 radical (unpaired) electrons. The van der Waals surface area contributed by atoms with E-state index in [2.05, 4.69) is 31.3 Å². The van der Waals surface area contributed by atoms with Crippen LogP contribution in [0.25, 0.3) is 0 Å². The van der Waals surface area contributed by atoms with Gasteiger partial charge in [0.05, 0.1) is 6.54 Å². The van der Waals surface area contributed by atoms with Gasteiger partial charge in [0.15, 0.2) is 4.73 Å². The lowest BCUT2D eigenvalue weighted by atomic mass is 10.4. The summed E-state index contributed by atoms with van der Waals surface area (Å²) in [6, 6.07) is 0.404. The highest BCUT2D eigenvalue weighted by Gasteiger charge is 2.23. The molecule has 0 aromatic carbocycles. The summed E-state index contributed by atoms with van der Waals surface area (Å²) < 4.78 is 2.13. The van der Waals surface area contributed by atoms with Crippen LogP contribution in [0.5, 0.6) is 0 Å². The molecular weight excluding hydrogens is 262 g/mol. The maximum atomic E-state index is 11.4. The number of nitrogens with one attached hydrogen (secondary N) is 1. The van der Waals surface area contributed by atoms with Gasteiger partial charge in [0.1, 0.15) is 0 Å². The van der Waals surface area contributed by atoms with E-state index in [1.807, 2.05) is 0 Å². The molecule has 1 saturated carbocycles. The Hall–Kier alpha value is -1.11. The molecule has 1 amide bonds. The Bertz CT molecular complexity index is 373. The number of hydrogen-bond donors (Lipinski definition) is 2. The monoisotopic (exact) mass is 273 g/mol. The summed E-state index contributed by atoms with van der Waals surface area (Å²) >= 11 is 3.21. The Morgan fingerprint density at radius 3 is 2.93 bits per heavy atom. The SMILES string of the molecule is Nc1nc(Br)n(CCC(=O)NC2CC2)n1. The van der Waals surface area contributed by atoms with Crippen molar-refractivity contribution in [2.45, 2.75) is 31.8 Å². The Balaban J connectivity index is 1.81. The topological polar surface area (TPSA) is 85.8 Å².